The zero-order chi connectivity index (χ0) is 32.1. The molecule has 2 aromatic carbocycles. The van der Waals surface area contributed by atoms with Crippen LogP contribution < -0.4 is 19.7 Å². The van der Waals surface area contributed by atoms with E-state index in [0.717, 1.165) is 5.69 Å². The zero-order valence-electron chi connectivity index (χ0n) is 24.0. The average Bonchev–Trinajstić information content (AvgIpc) is 3.52. The Morgan fingerprint density at radius 3 is 2.14 bits per heavy atom. The molecule has 2 saturated heterocycles. The fourth-order valence-corrected chi connectivity index (χ4v) is 5.74. The maximum absolute atomic E-state index is 13.3. The number of nitrogens with one attached hydrogen (secondary N) is 1. The Kier molecular flexibility index (Phi) is 8.16. The van der Waals surface area contributed by atoms with Crippen LogP contribution in [-0.4, -0.2) is 90.9 Å². The van der Waals surface area contributed by atoms with E-state index in [1.54, 1.807) is 37.3 Å². The van der Waals surface area contributed by atoms with Crippen molar-refractivity contribution < 1.29 is 50.5 Å². The lowest BCUT2D eigenvalue weighted by molar-refractivity contribution is -0.370. The van der Waals surface area contributed by atoms with Crippen molar-refractivity contribution in [1.82, 2.24) is 15.1 Å². The molecule has 0 bridgehead atoms. The summed E-state index contributed by atoms with van der Waals surface area (Å²) >= 11 is 0. The molecule has 2 aromatic rings. The highest BCUT2D eigenvalue weighted by molar-refractivity contribution is 6.07. The molecule has 3 aliphatic rings. The molecule has 2 atom stereocenters. The number of carbonyl (C=O) groups excluding carboxylic acids is 2. The van der Waals surface area contributed by atoms with Gasteiger partial charge in [0.15, 0.2) is 11.5 Å². The maximum atomic E-state index is 13.3. The number of halogens is 6. The summed E-state index contributed by atoms with van der Waals surface area (Å²) in [6.07, 6.45) is -13.3. The average molecular weight is 631 g/mol. The largest absolute Gasteiger partial charge is 0.454 e. The molecule has 0 aromatic heterocycles. The molecular weight excluding hydrogens is 598 g/mol. The molecule has 2 unspecified atom stereocenters. The van der Waals surface area contributed by atoms with Gasteiger partial charge in [-0.05, 0) is 48.2 Å². The first-order valence-electron chi connectivity index (χ1n) is 14.0. The fraction of sp³-hybridized carbons (Fsp3) is 0.517. The first-order valence-corrected chi connectivity index (χ1v) is 14.0. The van der Waals surface area contributed by atoms with Crippen LogP contribution in [0.15, 0.2) is 42.5 Å². The van der Waals surface area contributed by atoms with Gasteiger partial charge in [0, 0.05) is 51.4 Å². The SMILES string of the molecule is CC(CC(O)(C(F)(F)F)C(F)(F)F)c1ccc(N2CCN(CCN3C(=O)NC(C)(c4ccc5c(c4)OCO5)C3=O)CC2)cc1. The van der Waals surface area contributed by atoms with Gasteiger partial charge in [-0.1, -0.05) is 25.1 Å². The molecule has 9 nitrogen and oxygen atoms in total. The van der Waals surface area contributed by atoms with Crippen molar-refractivity contribution in [3.05, 3.63) is 53.6 Å². The monoisotopic (exact) mass is 630 g/mol. The number of rotatable bonds is 8. The van der Waals surface area contributed by atoms with Crippen molar-refractivity contribution in [1.29, 1.82) is 0 Å². The number of alkyl halides is 6. The van der Waals surface area contributed by atoms with Crippen molar-refractivity contribution >= 4 is 17.6 Å². The number of ether oxygens (including phenoxy) is 2. The fourth-order valence-electron chi connectivity index (χ4n) is 5.74. The number of fused-ring (bicyclic) bond motifs is 1. The highest BCUT2D eigenvalue weighted by Crippen LogP contribution is 2.48. The van der Waals surface area contributed by atoms with Crippen LogP contribution in [0.2, 0.25) is 0 Å². The van der Waals surface area contributed by atoms with Crippen molar-refractivity contribution in [2.45, 2.75) is 49.7 Å². The third-order valence-corrected chi connectivity index (χ3v) is 8.60. The van der Waals surface area contributed by atoms with E-state index in [4.69, 9.17) is 9.47 Å². The van der Waals surface area contributed by atoms with Crippen LogP contribution in [0.3, 0.4) is 0 Å². The first-order chi connectivity index (χ1) is 20.5. The lowest BCUT2D eigenvalue weighted by atomic mass is 9.86. The highest BCUT2D eigenvalue weighted by Gasteiger charge is 2.70. The van der Waals surface area contributed by atoms with Crippen molar-refractivity contribution in [3.63, 3.8) is 0 Å². The Balaban J connectivity index is 1.13. The Hall–Kier alpha value is -3.72. The Bertz CT molecular complexity index is 1380. The number of hydrogen-bond donors (Lipinski definition) is 2. The van der Waals surface area contributed by atoms with Gasteiger partial charge in [-0.25, -0.2) is 4.79 Å². The molecule has 0 spiro atoms. The highest BCUT2D eigenvalue weighted by atomic mass is 19.4. The smallest absolute Gasteiger partial charge is 0.426 e. The van der Waals surface area contributed by atoms with Crippen molar-refractivity contribution in [2.75, 3.05) is 51.0 Å². The van der Waals surface area contributed by atoms with Crippen molar-refractivity contribution in [3.8, 4) is 11.5 Å². The summed E-state index contributed by atoms with van der Waals surface area (Å²) in [4.78, 5) is 31.4. The zero-order valence-corrected chi connectivity index (χ0v) is 24.0. The Labute approximate surface area is 249 Å². The molecule has 5 rings (SSSR count). The van der Waals surface area contributed by atoms with Gasteiger partial charge in [0.25, 0.3) is 11.5 Å². The van der Waals surface area contributed by atoms with E-state index in [9.17, 15) is 41.0 Å². The van der Waals surface area contributed by atoms with Gasteiger partial charge in [0.2, 0.25) is 6.79 Å². The van der Waals surface area contributed by atoms with Gasteiger partial charge in [0.05, 0.1) is 0 Å². The van der Waals surface area contributed by atoms with Crippen LogP contribution in [0.5, 0.6) is 11.5 Å². The van der Waals surface area contributed by atoms with E-state index in [1.807, 2.05) is 4.90 Å². The molecule has 15 heteroatoms. The summed E-state index contributed by atoms with van der Waals surface area (Å²) in [6.45, 7) is 5.92. The lowest BCUT2D eigenvalue weighted by Gasteiger charge is -2.37. The summed E-state index contributed by atoms with van der Waals surface area (Å²) in [6, 6.07) is 10.8. The van der Waals surface area contributed by atoms with Crippen LogP contribution in [0.4, 0.5) is 36.8 Å². The number of nitrogens with zero attached hydrogens (tertiary/aromatic N) is 3. The molecule has 240 valence electrons. The topological polar surface area (TPSA) is 94.6 Å². The van der Waals surface area contributed by atoms with Gasteiger partial charge in [-0.15, -0.1) is 0 Å². The maximum Gasteiger partial charge on any atom is 0.426 e. The summed E-state index contributed by atoms with van der Waals surface area (Å²) < 4.78 is 89.4. The molecule has 2 N–H and O–H groups in total. The van der Waals surface area contributed by atoms with Gasteiger partial charge >= 0.3 is 18.4 Å². The van der Waals surface area contributed by atoms with Crippen LogP contribution in [-0.2, 0) is 10.3 Å². The molecule has 44 heavy (non-hydrogen) atoms. The number of aliphatic hydroxyl groups is 1. The lowest BCUT2D eigenvalue weighted by Crippen LogP contribution is -2.57. The van der Waals surface area contributed by atoms with E-state index in [-0.39, 0.29) is 24.8 Å². The van der Waals surface area contributed by atoms with Gasteiger partial charge in [-0.2, -0.15) is 26.3 Å². The van der Waals surface area contributed by atoms with Gasteiger partial charge in [0.1, 0.15) is 5.54 Å². The second kappa shape index (κ2) is 11.3. The molecule has 0 radical (unpaired) electrons. The number of benzene rings is 2. The molecule has 3 aliphatic heterocycles. The van der Waals surface area contributed by atoms with E-state index in [1.165, 1.54) is 24.0 Å². The van der Waals surface area contributed by atoms with Crippen LogP contribution in [0.25, 0.3) is 0 Å². The molecule has 3 heterocycles. The number of urea groups is 1. The van der Waals surface area contributed by atoms with Gasteiger partial charge in [-0.3, -0.25) is 14.6 Å². The summed E-state index contributed by atoms with van der Waals surface area (Å²) in [7, 11) is 0. The normalized spacial score (nSPS) is 22.0. The minimum atomic E-state index is -5.86. The molecule has 3 amide bonds. The third kappa shape index (κ3) is 5.74. The van der Waals surface area contributed by atoms with E-state index >= 15 is 0 Å². The summed E-state index contributed by atoms with van der Waals surface area (Å²) in [5, 5.41) is 12.3. The second-order valence-corrected chi connectivity index (χ2v) is 11.5. The molecule has 2 fully saturated rings. The number of piperazine rings is 1. The molecule has 0 saturated carbocycles. The third-order valence-electron chi connectivity index (χ3n) is 8.60. The van der Waals surface area contributed by atoms with Crippen LogP contribution in [0, 0.1) is 0 Å². The van der Waals surface area contributed by atoms with Gasteiger partial charge < -0.3 is 24.8 Å². The predicted octanol–water partition coefficient (Wildman–Crippen LogP) is 4.35. The van der Waals surface area contributed by atoms with Crippen LogP contribution >= 0.6 is 0 Å². The summed E-state index contributed by atoms with van der Waals surface area (Å²) in [5.74, 6) is -0.527. The Morgan fingerprint density at radius 2 is 1.52 bits per heavy atom. The number of amides is 3. The standard InChI is InChI=1S/C29H32F6N4O5/c1-18(16-27(42,28(30,31)32)29(33,34)35)19-3-6-21(7-4-19)38-12-9-37(10-13-38)11-14-39-24(40)26(2,36-25(39)41)20-5-8-22-23(15-20)44-17-43-22/h3-8,15,18,42H,9-14,16-17H2,1-2H3,(H,36,41). The quantitative estimate of drug-likeness (QED) is 0.331. The minimum absolute atomic E-state index is 0.0850. The predicted molar refractivity (Wildman–Crippen MR) is 145 cm³/mol. The molecule has 0 aliphatic carbocycles. The minimum Gasteiger partial charge on any atom is -0.454 e. The number of imide groups is 1. The summed E-state index contributed by atoms with van der Waals surface area (Å²) in [5.41, 5.74) is -4.50. The number of carbonyl (C=O) groups is 2. The van der Waals surface area contributed by atoms with E-state index < -0.39 is 41.9 Å². The van der Waals surface area contributed by atoms with E-state index in [0.29, 0.717) is 49.8 Å². The number of anilines is 1. The molecular formula is C29H32F6N4O5. The first kappa shape index (κ1) is 31.7. The second-order valence-electron chi connectivity index (χ2n) is 11.5. The van der Waals surface area contributed by atoms with Crippen LogP contribution in [0.1, 0.15) is 37.3 Å². The number of hydrogen-bond acceptors (Lipinski definition) is 7. The van der Waals surface area contributed by atoms with E-state index in [2.05, 4.69) is 10.2 Å². The van der Waals surface area contributed by atoms with Crippen molar-refractivity contribution in [2.24, 2.45) is 0 Å². The Morgan fingerprint density at radius 1 is 0.909 bits per heavy atom.